The van der Waals surface area contributed by atoms with Crippen molar-refractivity contribution in [2.45, 2.75) is 13.8 Å². The molecule has 1 N–H and O–H groups in total. The lowest BCUT2D eigenvalue weighted by Gasteiger charge is -2.04. The van der Waals surface area contributed by atoms with Crippen LogP contribution >= 0.6 is 11.3 Å². The number of benzene rings is 1. The van der Waals surface area contributed by atoms with Gasteiger partial charge >= 0.3 is 0 Å². The zero-order valence-electron chi connectivity index (χ0n) is 11.2. The number of aryl methyl sites for hydroxylation is 1. The Hall–Kier alpha value is -2.61. The lowest BCUT2D eigenvalue weighted by molar-refractivity contribution is -0.385. The Labute approximate surface area is 123 Å². The maximum absolute atomic E-state index is 12.1. The van der Waals surface area contributed by atoms with Crippen LogP contribution in [-0.2, 0) is 0 Å². The summed E-state index contributed by atoms with van der Waals surface area (Å²) in [6, 6.07) is 4.51. The summed E-state index contributed by atoms with van der Waals surface area (Å²) in [4.78, 5) is 37.7. The Balaban J connectivity index is 2.30. The van der Waals surface area contributed by atoms with Crippen LogP contribution in [0.3, 0.4) is 0 Å². The van der Waals surface area contributed by atoms with Crippen molar-refractivity contribution in [1.29, 1.82) is 0 Å². The predicted octanol–water partition coefficient (Wildman–Crippen LogP) is 2.81. The van der Waals surface area contributed by atoms with Crippen LogP contribution in [0.1, 0.15) is 33.3 Å². The van der Waals surface area contributed by atoms with Crippen molar-refractivity contribution < 1.29 is 14.5 Å². The van der Waals surface area contributed by atoms with Gasteiger partial charge in [0, 0.05) is 17.9 Å². The van der Waals surface area contributed by atoms with Gasteiger partial charge in [-0.25, -0.2) is 4.98 Å². The van der Waals surface area contributed by atoms with Crippen LogP contribution in [-0.4, -0.2) is 21.6 Å². The highest BCUT2D eigenvalue weighted by Crippen LogP contribution is 2.24. The number of thiazole rings is 1. The maximum Gasteiger partial charge on any atom is 0.285 e. The summed E-state index contributed by atoms with van der Waals surface area (Å²) in [5.41, 5.74) is 0.364. The van der Waals surface area contributed by atoms with E-state index in [-0.39, 0.29) is 27.9 Å². The molecule has 8 heteroatoms. The van der Waals surface area contributed by atoms with Gasteiger partial charge in [0.15, 0.2) is 10.9 Å². The summed E-state index contributed by atoms with van der Waals surface area (Å²) in [5.74, 6) is -0.844. The topological polar surface area (TPSA) is 102 Å². The van der Waals surface area contributed by atoms with Gasteiger partial charge < -0.3 is 0 Å². The number of nitro groups is 1. The minimum atomic E-state index is -0.630. The van der Waals surface area contributed by atoms with Gasteiger partial charge in [0.1, 0.15) is 11.3 Å². The van der Waals surface area contributed by atoms with E-state index in [0.717, 1.165) is 11.3 Å². The fourth-order valence-electron chi connectivity index (χ4n) is 1.74. The Morgan fingerprint density at radius 3 is 2.67 bits per heavy atom. The van der Waals surface area contributed by atoms with Gasteiger partial charge in [0.25, 0.3) is 11.6 Å². The molecule has 0 bridgehead atoms. The fraction of sp³-hybridized carbons (Fsp3) is 0.154. The molecule has 7 nitrogen and oxygen atoms in total. The number of carbonyl (C=O) groups is 2. The number of amides is 1. The number of nitrogens with zero attached hydrogens (tertiary/aromatic N) is 2. The van der Waals surface area contributed by atoms with Gasteiger partial charge in [-0.05, 0) is 13.0 Å². The molecule has 0 saturated heterocycles. The first kappa shape index (κ1) is 14.8. The Bertz CT molecular complexity index is 739. The molecule has 0 unspecified atom stereocenters. The molecule has 0 fully saturated rings. The van der Waals surface area contributed by atoms with Crippen molar-refractivity contribution in [3.8, 4) is 0 Å². The highest BCUT2D eigenvalue weighted by molar-refractivity contribution is 7.14. The average Bonchev–Trinajstić information content (AvgIpc) is 2.86. The number of nitrogens with one attached hydrogen (secondary N) is 1. The molecule has 2 aromatic rings. The summed E-state index contributed by atoms with van der Waals surface area (Å²) in [6.45, 7) is 2.93. The van der Waals surface area contributed by atoms with E-state index in [4.69, 9.17) is 0 Å². The van der Waals surface area contributed by atoms with E-state index in [9.17, 15) is 19.7 Å². The van der Waals surface area contributed by atoms with Gasteiger partial charge in [0.2, 0.25) is 0 Å². The lowest BCUT2D eigenvalue weighted by Crippen LogP contribution is -2.14. The molecule has 108 valence electrons. The number of ketones is 1. The Morgan fingerprint density at radius 2 is 2.10 bits per heavy atom. The van der Waals surface area contributed by atoms with Crippen molar-refractivity contribution in [2.75, 3.05) is 5.32 Å². The van der Waals surface area contributed by atoms with E-state index in [0.29, 0.717) is 5.56 Å². The second-order valence-corrected chi connectivity index (χ2v) is 5.13. The van der Waals surface area contributed by atoms with Gasteiger partial charge in [0.05, 0.1) is 4.92 Å². The number of aromatic nitrogens is 1. The molecule has 0 atom stereocenters. The highest BCUT2D eigenvalue weighted by Gasteiger charge is 2.23. The number of para-hydroxylation sites is 1. The minimum absolute atomic E-state index is 0.0421. The van der Waals surface area contributed by atoms with Crippen LogP contribution < -0.4 is 5.32 Å². The molecule has 0 spiro atoms. The highest BCUT2D eigenvalue weighted by atomic mass is 32.1. The standard InChI is InChI=1S/C13H11N3O4S/c1-7-4-3-5-9(11(7)16(19)20)12(18)15-13-14-10(6-21-13)8(2)17/h3-6H,1-2H3,(H,14,15,18). The SMILES string of the molecule is CC(=O)c1csc(NC(=O)c2cccc(C)c2[N+](=O)[O-])n1. The number of hydrogen-bond donors (Lipinski definition) is 1. The first-order chi connectivity index (χ1) is 9.90. The monoisotopic (exact) mass is 305 g/mol. The third-order valence-electron chi connectivity index (χ3n) is 2.75. The van der Waals surface area contributed by atoms with Gasteiger partial charge in [-0.1, -0.05) is 12.1 Å². The van der Waals surface area contributed by atoms with Gasteiger partial charge in [-0.15, -0.1) is 11.3 Å². The molecule has 0 saturated carbocycles. The van der Waals surface area contributed by atoms with Crippen LogP contribution in [0.25, 0.3) is 0 Å². The van der Waals surface area contributed by atoms with Crippen LogP contribution in [0.5, 0.6) is 0 Å². The number of nitro benzene ring substituents is 1. The maximum atomic E-state index is 12.1. The molecule has 1 amide bonds. The van der Waals surface area contributed by atoms with E-state index in [2.05, 4.69) is 10.3 Å². The molecular weight excluding hydrogens is 294 g/mol. The Morgan fingerprint density at radius 1 is 1.38 bits per heavy atom. The summed E-state index contributed by atoms with van der Waals surface area (Å²) < 4.78 is 0. The first-order valence-corrected chi connectivity index (χ1v) is 6.80. The van der Waals surface area contributed by atoms with Crippen LogP contribution in [0.2, 0.25) is 0 Å². The second-order valence-electron chi connectivity index (χ2n) is 4.28. The predicted molar refractivity (Wildman–Crippen MR) is 77.9 cm³/mol. The molecular formula is C13H11N3O4S. The number of anilines is 1. The molecule has 1 aromatic carbocycles. The van der Waals surface area contributed by atoms with Crippen molar-refractivity contribution in [2.24, 2.45) is 0 Å². The third-order valence-corrected chi connectivity index (χ3v) is 3.51. The third kappa shape index (κ3) is 3.11. The van der Waals surface area contributed by atoms with Gasteiger partial charge in [-0.3, -0.25) is 25.0 Å². The molecule has 0 aliphatic carbocycles. The number of carbonyl (C=O) groups excluding carboxylic acids is 2. The van der Waals surface area contributed by atoms with Crippen LogP contribution in [0.4, 0.5) is 10.8 Å². The molecule has 21 heavy (non-hydrogen) atoms. The summed E-state index contributed by atoms with van der Waals surface area (Å²) in [6.07, 6.45) is 0. The quantitative estimate of drug-likeness (QED) is 0.531. The largest absolute Gasteiger partial charge is 0.298 e. The van der Waals surface area contributed by atoms with E-state index in [1.807, 2.05) is 0 Å². The van der Waals surface area contributed by atoms with E-state index in [1.54, 1.807) is 19.1 Å². The smallest absolute Gasteiger partial charge is 0.285 e. The van der Waals surface area contributed by atoms with Crippen molar-refractivity contribution in [1.82, 2.24) is 4.98 Å². The number of rotatable bonds is 4. The summed E-state index contributed by atoms with van der Waals surface area (Å²) in [5, 5.41) is 15.3. The number of Topliss-reactive ketones (excluding diaryl/α,β-unsaturated/α-hetero) is 1. The zero-order chi connectivity index (χ0) is 15.6. The zero-order valence-corrected chi connectivity index (χ0v) is 12.1. The number of hydrogen-bond acceptors (Lipinski definition) is 6. The second kappa shape index (κ2) is 5.80. The van der Waals surface area contributed by atoms with Crippen molar-refractivity contribution in [3.63, 3.8) is 0 Å². The molecule has 1 aromatic heterocycles. The van der Waals surface area contributed by atoms with Crippen LogP contribution in [0.15, 0.2) is 23.6 Å². The Kier molecular flexibility index (Phi) is 4.08. The molecule has 0 aliphatic heterocycles. The average molecular weight is 305 g/mol. The fourth-order valence-corrected chi connectivity index (χ4v) is 2.49. The summed E-state index contributed by atoms with van der Waals surface area (Å²) >= 11 is 1.09. The first-order valence-electron chi connectivity index (χ1n) is 5.92. The summed E-state index contributed by atoms with van der Waals surface area (Å²) in [7, 11) is 0. The van der Waals surface area contributed by atoms with Crippen molar-refractivity contribution in [3.05, 3.63) is 50.5 Å². The van der Waals surface area contributed by atoms with Gasteiger partial charge in [-0.2, -0.15) is 0 Å². The van der Waals surface area contributed by atoms with E-state index < -0.39 is 10.8 Å². The molecule has 0 aliphatic rings. The van der Waals surface area contributed by atoms with Crippen LogP contribution in [0, 0.1) is 17.0 Å². The van der Waals surface area contributed by atoms with Crippen molar-refractivity contribution >= 4 is 33.8 Å². The minimum Gasteiger partial charge on any atom is -0.298 e. The lowest BCUT2D eigenvalue weighted by atomic mass is 10.1. The van der Waals surface area contributed by atoms with E-state index >= 15 is 0 Å². The molecule has 1 heterocycles. The van der Waals surface area contributed by atoms with E-state index in [1.165, 1.54) is 18.4 Å². The molecule has 2 rings (SSSR count). The molecule has 0 radical (unpaired) electrons. The normalized spacial score (nSPS) is 10.2.